The van der Waals surface area contributed by atoms with Crippen LogP contribution in [0.4, 0.5) is 10.8 Å². The van der Waals surface area contributed by atoms with Crippen molar-refractivity contribution in [2.24, 2.45) is 10.2 Å². The number of azo groups is 1. The highest BCUT2D eigenvalue weighted by atomic mass is 32.1. The van der Waals surface area contributed by atoms with Crippen LogP contribution in [0.25, 0.3) is 0 Å². The molecule has 0 saturated carbocycles. The summed E-state index contributed by atoms with van der Waals surface area (Å²) in [4.78, 5) is 39.9. The summed E-state index contributed by atoms with van der Waals surface area (Å²) in [6.07, 6.45) is 0. The number of ether oxygens (including phenoxy) is 1. The summed E-state index contributed by atoms with van der Waals surface area (Å²) in [5.41, 5.74) is -0.148. The lowest BCUT2D eigenvalue weighted by molar-refractivity contribution is -0.113. The number of esters is 1. The van der Waals surface area contributed by atoms with Crippen LogP contribution in [0.15, 0.2) is 46.0 Å². The molecule has 1 aromatic heterocycles. The second-order valence-corrected chi connectivity index (χ2v) is 6.56. The Morgan fingerprint density at radius 3 is 2.55 bits per heavy atom. The molecule has 3 N–H and O–H groups in total. The first-order valence-corrected chi connectivity index (χ1v) is 9.16. The van der Waals surface area contributed by atoms with Crippen molar-refractivity contribution in [2.45, 2.75) is 20.8 Å². The third-order valence-electron chi connectivity index (χ3n) is 3.43. The highest BCUT2D eigenvalue weighted by Crippen LogP contribution is 2.25. The zero-order valence-corrected chi connectivity index (χ0v) is 16.6. The number of aryl methyl sites for hydroxylation is 1. The number of anilines is 1. The van der Waals surface area contributed by atoms with Crippen molar-refractivity contribution in [2.75, 3.05) is 11.9 Å². The van der Waals surface area contributed by atoms with Gasteiger partial charge in [-0.3, -0.25) is 10.1 Å². The first kappa shape index (κ1) is 21.7. The Morgan fingerprint density at radius 1 is 1.24 bits per heavy atom. The molecule has 0 atom stereocenters. The molecule has 0 spiro atoms. The molecule has 0 radical (unpaired) electrons. The fraction of sp³-hybridized carbons (Fsp3) is 0.222. The Morgan fingerprint density at radius 2 is 1.93 bits per heavy atom. The van der Waals surface area contributed by atoms with Gasteiger partial charge in [-0.15, -0.1) is 10.2 Å². The van der Waals surface area contributed by atoms with Gasteiger partial charge in [0, 0.05) is 0 Å². The average Bonchev–Trinajstić information content (AvgIpc) is 3.02. The van der Waals surface area contributed by atoms with Gasteiger partial charge in [0.15, 0.2) is 10.8 Å². The van der Waals surface area contributed by atoms with E-state index < -0.39 is 29.3 Å². The number of hydrogen-bond donors (Lipinski definition) is 3. The lowest BCUT2D eigenvalue weighted by Crippen LogP contribution is -2.14. The summed E-state index contributed by atoms with van der Waals surface area (Å²) in [5, 5.41) is 28.9. The summed E-state index contributed by atoms with van der Waals surface area (Å²) >= 11 is 0.914. The Kier molecular flexibility index (Phi) is 7.15. The molecule has 0 unspecified atom stereocenters. The number of benzene rings is 1. The Balaban J connectivity index is 2.24. The number of aromatic nitrogens is 1. The third kappa shape index (κ3) is 5.45. The maximum atomic E-state index is 12.5. The van der Waals surface area contributed by atoms with E-state index in [0.29, 0.717) is 5.69 Å². The molecule has 1 heterocycles. The van der Waals surface area contributed by atoms with Crippen molar-refractivity contribution >= 4 is 40.0 Å². The van der Waals surface area contributed by atoms with Crippen molar-refractivity contribution in [3.05, 3.63) is 51.9 Å². The zero-order chi connectivity index (χ0) is 21.6. The number of nitrogens with one attached hydrogen (secondary N) is 1. The van der Waals surface area contributed by atoms with Crippen LogP contribution in [-0.2, 0) is 9.53 Å². The van der Waals surface area contributed by atoms with E-state index in [9.17, 15) is 19.5 Å². The summed E-state index contributed by atoms with van der Waals surface area (Å²) in [6, 6.07) is 5.83. The van der Waals surface area contributed by atoms with Crippen molar-refractivity contribution in [1.82, 2.24) is 4.98 Å². The molecule has 0 aliphatic heterocycles. The largest absolute Gasteiger partial charge is 0.510 e. The van der Waals surface area contributed by atoms with Crippen molar-refractivity contribution in [3.8, 4) is 0 Å². The number of hydrogen-bond acceptors (Lipinski definition) is 9. The molecule has 10 nitrogen and oxygen atoms in total. The number of carbonyl (C=O) groups excluding carboxylic acids is 2. The van der Waals surface area contributed by atoms with E-state index in [1.807, 2.05) is 0 Å². The minimum Gasteiger partial charge on any atom is -0.510 e. The number of thiazole rings is 1. The molecule has 0 aliphatic carbocycles. The second-order valence-electron chi connectivity index (χ2n) is 5.56. The van der Waals surface area contributed by atoms with Crippen LogP contribution >= 0.6 is 11.3 Å². The Labute approximate surface area is 169 Å². The van der Waals surface area contributed by atoms with Crippen molar-refractivity contribution < 1.29 is 29.3 Å². The number of aromatic carboxylic acids is 1. The molecule has 11 heteroatoms. The predicted octanol–water partition coefficient (Wildman–Crippen LogP) is 3.84. The second kappa shape index (κ2) is 9.55. The number of rotatable bonds is 7. The van der Waals surface area contributed by atoms with Gasteiger partial charge in [-0.05, 0) is 32.9 Å². The first-order chi connectivity index (χ1) is 13.7. The van der Waals surface area contributed by atoms with Crippen LogP contribution < -0.4 is 5.32 Å². The minimum atomic E-state index is -1.21. The van der Waals surface area contributed by atoms with Gasteiger partial charge in [-0.2, -0.15) is 0 Å². The van der Waals surface area contributed by atoms with Crippen LogP contribution in [-0.4, -0.2) is 39.6 Å². The predicted molar refractivity (Wildman–Crippen MR) is 105 cm³/mol. The molecule has 0 saturated heterocycles. The maximum absolute atomic E-state index is 12.5. The molecule has 1 aromatic carbocycles. The van der Waals surface area contributed by atoms with Gasteiger partial charge in [0.05, 0.1) is 17.9 Å². The number of nitrogens with zero attached hydrogens (tertiary/aromatic N) is 3. The van der Waals surface area contributed by atoms with E-state index in [2.05, 4.69) is 20.5 Å². The standard InChI is InChI=1S/C18H18N4O6S/c1-4-28-17(27)14-9(2)19-18(29-14)20-15(24)13(10(3)23)22-21-12-8-6-5-7-11(12)16(25)26/h5-8,23H,4H2,1-3H3,(H,25,26)(H,19,20,24)/b13-10-,22-21?. The lowest BCUT2D eigenvalue weighted by atomic mass is 10.2. The molecule has 1 amide bonds. The van der Waals surface area contributed by atoms with Crippen LogP contribution in [0.5, 0.6) is 0 Å². The molecular formula is C18H18N4O6S. The Bertz CT molecular complexity index is 1010. The highest BCUT2D eigenvalue weighted by molar-refractivity contribution is 7.17. The van der Waals surface area contributed by atoms with Crippen LogP contribution in [0, 0.1) is 6.92 Å². The number of aliphatic hydroxyl groups is 1. The number of carbonyl (C=O) groups is 3. The summed E-state index contributed by atoms with van der Waals surface area (Å²) in [6.45, 7) is 4.70. The normalized spacial score (nSPS) is 11.8. The van der Waals surface area contributed by atoms with Gasteiger partial charge in [-0.25, -0.2) is 14.6 Å². The summed E-state index contributed by atoms with van der Waals surface area (Å²) < 4.78 is 4.92. The molecule has 0 aliphatic rings. The van der Waals surface area contributed by atoms with Gasteiger partial charge in [0.25, 0.3) is 5.91 Å². The topological polar surface area (TPSA) is 151 Å². The van der Waals surface area contributed by atoms with Gasteiger partial charge < -0.3 is 14.9 Å². The molecule has 29 heavy (non-hydrogen) atoms. The molecule has 2 rings (SSSR count). The number of carboxylic acid groups (broad SMARTS) is 1. The van der Waals surface area contributed by atoms with Crippen LogP contribution in [0.1, 0.15) is 39.6 Å². The zero-order valence-electron chi connectivity index (χ0n) is 15.8. The van der Waals surface area contributed by atoms with Gasteiger partial charge in [0.1, 0.15) is 16.3 Å². The minimum absolute atomic E-state index is 0.0150. The monoisotopic (exact) mass is 418 g/mol. The van der Waals surface area contributed by atoms with E-state index in [-0.39, 0.29) is 27.9 Å². The van der Waals surface area contributed by atoms with Crippen LogP contribution in [0.3, 0.4) is 0 Å². The number of carboxylic acids is 1. The van der Waals surface area contributed by atoms with E-state index in [0.717, 1.165) is 11.3 Å². The van der Waals surface area contributed by atoms with Crippen molar-refractivity contribution in [3.63, 3.8) is 0 Å². The summed E-state index contributed by atoms with van der Waals surface area (Å²) in [5.74, 6) is -3.02. The number of allylic oxidation sites excluding steroid dienone is 1. The fourth-order valence-electron chi connectivity index (χ4n) is 2.12. The SMILES string of the molecule is CCOC(=O)c1sc(NC(=O)/C(N=Nc2ccccc2C(=O)O)=C(\C)O)nc1C. The molecule has 0 bridgehead atoms. The highest BCUT2D eigenvalue weighted by Gasteiger charge is 2.20. The smallest absolute Gasteiger partial charge is 0.350 e. The first-order valence-electron chi connectivity index (χ1n) is 8.34. The quantitative estimate of drug-likeness (QED) is 0.267. The molecular weight excluding hydrogens is 400 g/mol. The van der Waals surface area contributed by atoms with E-state index in [1.165, 1.54) is 25.1 Å². The lowest BCUT2D eigenvalue weighted by Gasteiger charge is -2.03. The molecule has 152 valence electrons. The maximum Gasteiger partial charge on any atom is 0.350 e. The fourth-order valence-corrected chi connectivity index (χ4v) is 2.98. The van der Waals surface area contributed by atoms with E-state index >= 15 is 0 Å². The average molecular weight is 418 g/mol. The van der Waals surface area contributed by atoms with E-state index in [4.69, 9.17) is 9.84 Å². The third-order valence-corrected chi connectivity index (χ3v) is 4.48. The van der Waals surface area contributed by atoms with Gasteiger partial charge in [0.2, 0.25) is 0 Å². The van der Waals surface area contributed by atoms with Gasteiger partial charge in [-0.1, -0.05) is 23.5 Å². The Hall–Kier alpha value is -3.60. The summed E-state index contributed by atoms with van der Waals surface area (Å²) in [7, 11) is 0. The molecule has 2 aromatic rings. The number of aliphatic hydroxyl groups excluding tert-OH is 1. The van der Waals surface area contributed by atoms with Crippen LogP contribution in [0.2, 0.25) is 0 Å². The number of amides is 1. The van der Waals surface area contributed by atoms with E-state index in [1.54, 1.807) is 19.9 Å². The van der Waals surface area contributed by atoms with Gasteiger partial charge >= 0.3 is 11.9 Å². The van der Waals surface area contributed by atoms with Crippen molar-refractivity contribution in [1.29, 1.82) is 0 Å². The molecule has 0 fully saturated rings.